The first-order chi connectivity index (χ1) is 20.7. The molecule has 5 nitrogen and oxygen atoms in total. The quantitative estimate of drug-likeness (QED) is 0.0592. The van der Waals surface area contributed by atoms with Gasteiger partial charge in [0.15, 0.2) is 0 Å². The van der Waals surface area contributed by atoms with Gasteiger partial charge >= 0.3 is 12.3 Å². The standard InChI is InChI=1S/C34H32F4O5/c35-28-13-7-25(8-14-28)26-9-15-29(16-10-26)40-23-5-3-1-2-4-6-24-41-30-17-11-27(12-18-30)33(39)42-31-19-21-32(22-20-31)43-34(36,37)38/h7-22H,1-6,23-24H2. The van der Waals surface area contributed by atoms with Crippen molar-refractivity contribution in [3.05, 3.63) is 108 Å². The summed E-state index contributed by atoms with van der Waals surface area (Å²) >= 11 is 0. The van der Waals surface area contributed by atoms with E-state index in [-0.39, 0.29) is 17.1 Å². The van der Waals surface area contributed by atoms with Gasteiger partial charge in [-0.1, -0.05) is 49.9 Å². The molecule has 0 aliphatic carbocycles. The van der Waals surface area contributed by atoms with Crippen molar-refractivity contribution in [2.75, 3.05) is 13.2 Å². The number of unbranched alkanes of at least 4 members (excludes halogenated alkanes) is 5. The van der Waals surface area contributed by atoms with E-state index in [0.717, 1.165) is 67.5 Å². The summed E-state index contributed by atoms with van der Waals surface area (Å²) in [6, 6.07) is 25.3. The lowest BCUT2D eigenvalue weighted by Crippen LogP contribution is -2.17. The monoisotopic (exact) mass is 596 g/mol. The highest BCUT2D eigenvalue weighted by Gasteiger charge is 2.31. The fraction of sp³-hybridized carbons (Fsp3) is 0.265. The summed E-state index contributed by atoms with van der Waals surface area (Å²) in [5.74, 6) is 0.265. The number of alkyl halides is 3. The molecule has 0 atom stereocenters. The molecular weight excluding hydrogens is 564 g/mol. The molecule has 0 saturated heterocycles. The molecule has 4 aromatic rings. The van der Waals surface area contributed by atoms with Crippen molar-refractivity contribution in [3.63, 3.8) is 0 Å². The number of benzene rings is 4. The Labute approximate surface area is 248 Å². The zero-order valence-electron chi connectivity index (χ0n) is 23.4. The van der Waals surface area contributed by atoms with Crippen LogP contribution in [0.15, 0.2) is 97.1 Å². The lowest BCUT2D eigenvalue weighted by Gasteiger charge is -2.10. The van der Waals surface area contributed by atoms with Gasteiger partial charge in [-0.05, 0) is 96.8 Å². The van der Waals surface area contributed by atoms with Crippen LogP contribution in [-0.2, 0) is 0 Å². The van der Waals surface area contributed by atoms with Gasteiger partial charge in [-0.2, -0.15) is 0 Å². The molecule has 0 radical (unpaired) electrons. The first-order valence-corrected chi connectivity index (χ1v) is 14.0. The van der Waals surface area contributed by atoms with E-state index >= 15 is 0 Å². The minimum absolute atomic E-state index is 0.0988. The zero-order valence-corrected chi connectivity index (χ0v) is 23.4. The molecule has 0 bridgehead atoms. The Bertz CT molecular complexity index is 1400. The van der Waals surface area contributed by atoms with Crippen molar-refractivity contribution in [2.24, 2.45) is 0 Å². The van der Waals surface area contributed by atoms with Crippen molar-refractivity contribution in [1.82, 2.24) is 0 Å². The summed E-state index contributed by atoms with van der Waals surface area (Å²) in [6.45, 7) is 1.22. The third-order valence-corrected chi connectivity index (χ3v) is 6.47. The van der Waals surface area contributed by atoms with Crippen LogP contribution in [0.3, 0.4) is 0 Å². The molecule has 9 heteroatoms. The van der Waals surface area contributed by atoms with Gasteiger partial charge in [-0.15, -0.1) is 13.2 Å². The van der Waals surface area contributed by atoms with Gasteiger partial charge in [0.2, 0.25) is 0 Å². The Kier molecular flexibility index (Phi) is 11.4. The second kappa shape index (κ2) is 15.6. The maximum Gasteiger partial charge on any atom is 0.573 e. The van der Waals surface area contributed by atoms with Crippen LogP contribution in [0.2, 0.25) is 0 Å². The molecule has 226 valence electrons. The van der Waals surface area contributed by atoms with Gasteiger partial charge in [0.25, 0.3) is 0 Å². The molecule has 0 unspecified atom stereocenters. The maximum absolute atomic E-state index is 13.1. The van der Waals surface area contributed by atoms with Gasteiger partial charge in [-0.25, -0.2) is 9.18 Å². The van der Waals surface area contributed by atoms with Crippen LogP contribution in [0.4, 0.5) is 17.6 Å². The van der Waals surface area contributed by atoms with E-state index in [1.165, 1.54) is 24.3 Å². The summed E-state index contributed by atoms with van der Waals surface area (Å²) in [7, 11) is 0. The van der Waals surface area contributed by atoms with Gasteiger partial charge in [0.1, 0.15) is 28.8 Å². The minimum atomic E-state index is -4.79. The average molecular weight is 597 g/mol. The van der Waals surface area contributed by atoms with E-state index in [0.29, 0.717) is 19.0 Å². The second-order valence-electron chi connectivity index (χ2n) is 9.78. The summed E-state index contributed by atoms with van der Waals surface area (Å²) in [6.07, 6.45) is 1.44. The van der Waals surface area contributed by atoms with Crippen LogP contribution < -0.4 is 18.9 Å². The van der Waals surface area contributed by atoms with Crippen LogP contribution in [-0.4, -0.2) is 25.5 Å². The normalized spacial score (nSPS) is 11.2. The van der Waals surface area contributed by atoms with Crippen molar-refractivity contribution < 1.29 is 41.3 Å². The van der Waals surface area contributed by atoms with E-state index < -0.39 is 18.1 Å². The van der Waals surface area contributed by atoms with Crippen molar-refractivity contribution >= 4 is 5.97 Å². The third-order valence-electron chi connectivity index (χ3n) is 6.47. The van der Waals surface area contributed by atoms with E-state index in [1.807, 2.05) is 24.3 Å². The molecule has 0 aliphatic rings. The SMILES string of the molecule is O=C(Oc1ccc(OC(F)(F)F)cc1)c1ccc(OCCCCCCCCOc2ccc(-c3ccc(F)cc3)cc2)cc1. The van der Waals surface area contributed by atoms with Gasteiger partial charge < -0.3 is 18.9 Å². The van der Waals surface area contributed by atoms with Crippen molar-refractivity contribution in [3.8, 4) is 34.1 Å². The molecule has 0 heterocycles. The topological polar surface area (TPSA) is 54.0 Å². The lowest BCUT2D eigenvalue weighted by atomic mass is 10.1. The van der Waals surface area contributed by atoms with Gasteiger partial charge in [-0.3, -0.25) is 0 Å². The molecule has 0 spiro atoms. The van der Waals surface area contributed by atoms with Crippen LogP contribution >= 0.6 is 0 Å². The number of hydrogen-bond donors (Lipinski definition) is 0. The van der Waals surface area contributed by atoms with Crippen LogP contribution in [0.25, 0.3) is 11.1 Å². The fourth-order valence-electron chi connectivity index (χ4n) is 4.24. The van der Waals surface area contributed by atoms with Gasteiger partial charge in [0, 0.05) is 0 Å². The molecule has 0 saturated carbocycles. The molecule has 0 amide bonds. The van der Waals surface area contributed by atoms with Crippen LogP contribution in [0.5, 0.6) is 23.0 Å². The van der Waals surface area contributed by atoms with E-state index in [1.54, 1.807) is 36.4 Å². The largest absolute Gasteiger partial charge is 0.573 e. The molecular formula is C34H32F4O5. The number of ether oxygens (including phenoxy) is 4. The number of carbonyl (C=O) groups is 1. The highest BCUT2D eigenvalue weighted by atomic mass is 19.4. The number of halogens is 4. The Morgan fingerprint density at radius 3 is 1.47 bits per heavy atom. The third kappa shape index (κ3) is 11.0. The Hall–Kier alpha value is -4.53. The van der Waals surface area contributed by atoms with Gasteiger partial charge in [0.05, 0.1) is 18.8 Å². The van der Waals surface area contributed by atoms with Crippen LogP contribution in [0.1, 0.15) is 48.9 Å². The van der Waals surface area contributed by atoms with E-state index in [9.17, 15) is 22.4 Å². The van der Waals surface area contributed by atoms with E-state index in [4.69, 9.17) is 14.2 Å². The Morgan fingerprint density at radius 2 is 0.953 bits per heavy atom. The number of esters is 1. The van der Waals surface area contributed by atoms with Crippen molar-refractivity contribution in [2.45, 2.75) is 44.9 Å². The Morgan fingerprint density at radius 1 is 0.535 bits per heavy atom. The molecule has 43 heavy (non-hydrogen) atoms. The number of hydrogen-bond acceptors (Lipinski definition) is 5. The summed E-state index contributed by atoms with van der Waals surface area (Å²) in [4.78, 5) is 12.3. The fourth-order valence-corrected chi connectivity index (χ4v) is 4.24. The van der Waals surface area contributed by atoms with Crippen molar-refractivity contribution in [1.29, 1.82) is 0 Å². The second-order valence-corrected chi connectivity index (χ2v) is 9.78. The molecule has 4 rings (SSSR count). The Balaban J connectivity index is 1.03. The zero-order chi connectivity index (χ0) is 30.5. The first kappa shape index (κ1) is 31.4. The molecule has 0 fully saturated rings. The molecule has 4 aromatic carbocycles. The predicted molar refractivity (Wildman–Crippen MR) is 155 cm³/mol. The lowest BCUT2D eigenvalue weighted by molar-refractivity contribution is -0.274. The van der Waals surface area contributed by atoms with E-state index in [2.05, 4.69) is 4.74 Å². The molecule has 0 aliphatic heterocycles. The molecule has 0 N–H and O–H groups in total. The minimum Gasteiger partial charge on any atom is -0.494 e. The average Bonchev–Trinajstić information content (AvgIpc) is 2.99. The highest BCUT2D eigenvalue weighted by Crippen LogP contribution is 2.26. The summed E-state index contributed by atoms with van der Waals surface area (Å²) in [5, 5.41) is 0. The smallest absolute Gasteiger partial charge is 0.494 e. The predicted octanol–water partition coefficient (Wildman–Crippen LogP) is 9.41. The number of rotatable bonds is 15. The highest BCUT2D eigenvalue weighted by molar-refractivity contribution is 5.91. The maximum atomic E-state index is 13.1. The summed E-state index contributed by atoms with van der Waals surface area (Å²) in [5.41, 5.74) is 2.26. The van der Waals surface area contributed by atoms with Crippen LogP contribution in [0, 0.1) is 5.82 Å². The summed E-state index contributed by atoms with van der Waals surface area (Å²) < 4.78 is 70.4. The molecule has 0 aromatic heterocycles. The number of carbonyl (C=O) groups excluding carboxylic acids is 1. The first-order valence-electron chi connectivity index (χ1n) is 14.0.